The Morgan fingerprint density at radius 3 is 2.73 bits per heavy atom. The van der Waals surface area contributed by atoms with Crippen molar-refractivity contribution < 1.29 is 13.2 Å². The second-order valence-electron chi connectivity index (χ2n) is 8.08. The maximum absolute atomic E-state index is 13.5. The Labute approximate surface area is 201 Å². The molecule has 0 unspecified atom stereocenters. The monoisotopic (exact) mass is 497 g/mol. The zero-order valence-electron chi connectivity index (χ0n) is 17.6. The van der Waals surface area contributed by atoms with Crippen LogP contribution in [0.2, 0.25) is 5.02 Å². The van der Waals surface area contributed by atoms with Gasteiger partial charge in [0.2, 0.25) is 0 Å². The Morgan fingerprint density at radius 2 is 1.91 bits per heavy atom. The summed E-state index contributed by atoms with van der Waals surface area (Å²) in [4.78, 5) is 14.1. The molecule has 2 heterocycles. The molecule has 0 atom stereocenters. The van der Waals surface area contributed by atoms with Crippen LogP contribution in [0.15, 0.2) is 47.4 Å². The molecule has 2 aromatic carbocycles. The van der Waals surface area contributed by atoms with E-state index in [4.69, 9.17) is 11.6 Å². The fraction of sp³-hybridized carbons (Fsp3) is 0.250. The van der Waals surface area contributed by atoms with Crippen LogP contribution in [0.4, 0.5) is 10.7 Å². The fourth-order valence-corrected chi connectivity index (χ4v) is 7.71. The molecule has 9 heteroatoms. The van der Waals surface area contributed by atoms with E-state index in [0.717, 1.165) is 41.7 Å². The van der Waals surface area contributed by atoms with Gasteiger partial charge in [0.25, 0.3) is 15.9 Å². The molecule has 3 aromatic rings. The van der Waals surface area contributed by atoms with E-state index in [0.29, 0.717) is 29.2 Å². The molecule has 0 radical (unpaired) electrons. The second kappa shape index (κ2) is 8.49. The minimum atomic E-state index is -3.96. The van der Waals surface area contributed by atoms with E-state index in [1.54, 1.807) is 12.1 Å². The number of rotatable bonds is 4. The van der Waals surface area contributed by atoms with Gasteiger partial charge in [-0.2, -0.15) is 5.26 Å². The summed E-state index contributed by atoms with van der Waals surface area (Å²) in [5.74, 6) is -0.472. The van der Waals surface area contributed by atoms with Gasteiger partial charge in [0.1, 0.15) is 16.0 Å². The largest absolute Gasteiger partial charge is 0.312 e. The van der Waals surface area contributed by atoms with Crippen LogP contribution >= 0.6 is 22.9 Å². The Bertz CT molecular complexity index is 1420. The van der Waals surface area contributed by atoms with Crippen molar-refractivity contribution in [2.75, 3.05) is 16.2 Å². The molecule has 0 bridgehead atoms. The topological polar surface area (TPSA) is 90.3 Å². The van der Waals surface area contributed by atoms with Gasteiger partial charge in [0, 0.05) is 17.0 Å². The molecule has 5 rings (SSSR count). The SMILES string of the molecule is N#Cc1c(NC(=O)c2ccc(Cl)c(S(=O)(=O)N3CCc4ccccc43)c2)sc2c1CCCC2. The zero-order chi connectivity index (χ0) is 23.2. The molecule has 0 spiro atoms. The van der Waals surface area contributed by atoms with Crippen molar-refractivity contribution in [1.82, 2.24) is 0 Å². The van der Waals surface area contributed by atoms with Gasteiger partial charge in [-0.3, -0.25) is 9.10 Å². The van der Waals surface area contributed by atoms with Gasteiger partial charge in [0.05, 0.1) is 16.3 Å². The molecule has 0 saturated carbocycles. The number of nitriles is 1. The van der Waals surface area contributed by atoms with Crippen molar-refractivity contribution in [3.63, 3.8) is 0 Å². The Kier molecular flexibility index (Phi) is 5.65. The summed E-state index contributed by atoms with van der Waals surface area (Å²) < 4.78 is 28.2. The number of anilines is 2. The highest BCUT2D eigenvalue weighted by molar-refractivity contribution is 7.93. The van der Waals surface area contributed by atoms with Gasteiger partial charge < -0.3 is 5.32 Å². The van der Waals surface area contributed by atoms with Gasteiger partial charge in [-0.05, 0) is 67.5 Å². The van der Waals surface area contributed by atoms with E-state index < -0.39 is 15.9 Å². The van der Waals surface area contributed by atoms with Gasteiger partial charge in [-0.15, -0.1) is 11.3 Å². The van der Waals surface area contributed by atoms with Crippen molar-refractivity contribution in [3.8, 4) is 6.07 Å². The number of benzene rings is 2. The molecule has 6 nitrogen and oxygen atoms in total. The normalized spacial score (nSPS) is 15.0. The maximum Gasteiger partial charge on any atom is 0.265 e. The molecule has 2 aliphatic rings. The lowest BCUT2D eigenvalue weighted by molar-refractivity contribution is 0.102. The predicted molar refractivity (Wildman–Crippen MR) is 130 cm³/mol. The van der Waals surface area contributed by atoms with Crippen LogP contribution in [0.3, 0.4) is 0 Å². The average Bonchev–Trinajstić information content (AvgIpc) is 3.40. The number of thiophene rings is 1. The molecule has 1 aliphatic carbocycles. The number of hydrogen-bond donors (Lipinski definition) is 1. The first-order valence-electron chi connectivity index (χ1n) is 10.7. The summed E-state index contributed by atoms with van der Waals surface area (Å²) >= 11 is 7.72. The van der Waals surface area contributed by atoms with E-state index in [2.05, 4.69) is 11.4 Å². The Balaban J connectivity index is 1.47. The zero-order valence-corrected chi connectivity index (χ0v) is 20.0. The van der Waals surface area contributed by atoms with Crippen LogP contribution in [0.1, 0.15) is 44.8 Å². The number of amides is 1. The van der Waals surface area contributed by atoms with E-state index >= 15 is 0 Å². The van der Waals surface area contributed by atoms with Crippen LogP contribution in [0.25, 0.3) is 0 Å². The van der Waals surface area contributed by atoms with Crippen molar-refractivity contribution in [2.45, 2.75) is 37.0 Å². The number of carbonyl (C=O) groups excluding carboxylic acids is 1. The van der Waals surface area contributed by atoms with Crippen LogP contribution < -0.4 is 9.62 Å². The number of nitrogens with zero attached hydrogens (tertiary/aromatic N) is 2. The quantitative estimate of drug-likeness (QED) is 0.539. The minimum Gasteiger partial charge on any atom is -0.312 e. The summed E-state index contributed by atoms with van der Waals surface area (Å²) in [7, 11) is -3.96. The molecule has 33 heavy (non-hydrogen) atoms. The van der Waals surface area contributed by atoms with Crippen molar-refractivity contribution in [3.05, 3.63) is 74.6 Å². The van der Waals surface area contributed by atoms with Gasteiger partial charge >= 0.3 is 0 Å². The third-order valence-electron chi connectivity index (χ3n) is 6.12. The van der Waals surface area contributed by atoms with Crippen LogP contribution in [-0.4, -0.2) is 20.9 Å². The number of para-hydroxylation sites is 1. The molecule has 1 amide bonds. The summed E-state index contributed by atoms with van der Waals surface area (Å²) in [6, 6.07) is 13.8. The van der Waals surface area contributed by atoms with Gasteiger partial charge in [0.15, 0.2) is 0 Å². The fourth-order valence-electron chi connectivity index (χ4n) is 4.47. The summed E-state index contributed by atoms with van der Waals surface area (Å²) in [5.41, 5.74) is 3.29. The van der Waals surface area contributed by atoms with Crippen molar-refractivity contribution in [2.24, 2.45) is 0 Å². The van der Waals surface area contributed by atoms with Gasteiger partial charge in [-0.25, -0.2) is 8.42 Å². The molecular weight excluding hydrogens is 478 g/mol. The second-order valence-corrected chi connectivity index (χ2v) is 11.4. The first-order chi connectivity index (χ1) is 15.9. The van der Waals surface area contributed by atoms with E-state index in [1.165, 1.54) is 33.8 Å². The van der Waals surface area contributed by atoms with E-state index in [9.17, 15) is 18.5 Å². The Hall–Kier alpha value is -2.86. The van der Waals surface area contributed by atoms with E-state index in [1.807, 2.05) is 12.1 Å². The smallest absolute Gasteiger partial charge is 0.265 e. The van der Waals surface area contributed by atoms with Crippen LogP contribution in [0, 0.1) is 11.3 Å². The molecule has 1 aliphatic heterocycles. The number of nitrogens with one attached hydrogen (secondary N) is 1. The molecule has 1 aromatic heterocycles. The standard InChI is InChI=1S/C24H20ClN3O3S2/c25-19-10-9-16(23(29)27-24-18(14-26)17-6-2-4-8-21(17)32-24)13-22(19)33(30,31)28-12-11-15-5-1-3-7-20(15)28/h1,3,5,7,9-10,13H,2,4,6,8,11-12H2,(H,27,29). The Morgan fingerprint density at radius 1 is 1.12 bits per heavy atom. The molecule has 168 valence electrons. The highest BCUT2D eigenvalue weighted by atomic mass is 35.5. The van der Waals surface area contributed by atoms with Crippen LogP contribution in [-0.2, 0) is 29.3 Å². The highest BCUT2D eigenvalue weighted by Crippen LogP contribution is 2.38. The minimum absolute atomic E-state index is 0.0558. The third-order valence-corrected chi connectivity index (χ3v) is 9.62. The molecule has 0 saturated heterocycles. The molecule has 1 N–H and O–H groups in total. The maximum atomic E-state index is 13.5. The van der Waals surface area contributed by atoms with Crippen molar-refractivity contribution in [1.29, 1.82) is 5.26 Å². The lowest BCUT2D eigenvalue weighted by atomic mass is 9.96. The molecule has 0 fully saturated rings. The lowest BCUT2D eigenvalue weighted by Gasteiger charge is -2.20. The summed E-state index contributed by atoms with van der Waals surface area (Å²) in [6.07, 6.45) is 4.47. The number of hydrogen-bond acceptors (Lipinski definition) is 5. The average molecular weight is 498 g/mol. The lowest BCUT2D eigenvalue weighted by Crippen LogP contribution is -2.29. The first-order valence-corrected chi connectivity index (χ1v) is 13.3. The number of sulfonamides is 1. The summed E-state index contributed by atoms with van der Waals surface area (Å²) in [6.45, 7) is 0.320. The first kappa shape index (κ1) is 22.0. The number of halogens is 1. The van der Waals surface area contributed by atoms with Gasteiger partial charge in [-0.1, -0.05) is 29.8 Å². The highest BCUT2D eigenvalue weighted by Gasteiger charge is 2.33. The number of aryl methyl sites for hydroxylation is 1. The number of carbonyl (C=O) groups is 1. The summed E-state index contributed by atoms with van der Waals surface area (Å²) in [5, 5.41) is 13.0. The van der Waals surface area contributed by atoms with Crippen LogP contribution in [0.5, 0.6) is 0 Å². The molecular formula is C24H20ClN3O3S2. The van der Waals surface area contributed by atoms with Crippen molar-refractivity contribution >= 4 is 49.6 Å². The number of fused-ring (bicyclic) bond motifs is 2. The predicted octanol–water partition coefficient (Wildman–Crippen LogP) is 5.16. The van der Waals surface area contributed by atoms with E-state index in [-0.39, 0.29) is 15.5 Å². The third kappa shape index (κ3) is 3.80.